The van der Waals surface area contributed by atoms with E-state index in [-0.39, 0.29) is 23.9 Å². The van der Waals surface area contributed by atoms with Gasteiger partial charge in [-0.3, -0.25) is 14.4 Å². The first-order valence-electron chi connectivity index (χ1n) is 12.2. The number of anilines is 2. The molecule has 0 atom stereocenters. The quantitative estimate of drug-likeness (QED) is 0.441. The number of rotatable bonds is 7. The fourth-order valence-electron chi connectivity index (χ4n) is 4.10. The predicted molar refractivity (Wildman–Crippen MR) is 136 cm³/mol. The lowest BCUT2D eigenvalue weighted by molar-refractivity contribution is -0.153. The number of amides is 2. The van der Waals surface area contributed by atoms with Crippen molar-refractivity contribution >= 4 is 29.2 Å². The van der Waals surface area contributed by atoms with E-state index in [4.69, 9.17) is 4.42 Å². The summed E-state index contributed by atoms with van der Waals surface area (Å²) in [6.07, 6.45) is -5.01. The van der Waals surface area contributed by atoms with Gasteiger partial charge in [-0.25, -0.2) is 4.98 Å². The number of carbonyl (C=O) groups excluding carboxylic acids is 2. The molecule has 39 heavy (non-hydrogen) atoms. The summed E-state index contributed by atoms with van der Waals surface area (Å²) >= 11 is 0. The predicted octanol–water partition coefficient (Wildman–Crippen LogP) is 4.76. The minimum Gasteiger partial charge on any atom is -0.481 e. The van der Waals surface area contributed by atoms with E-state index in [2.05, 4.69) is 10.3 Å². The third-order valence-electron chi connectivity index (χ3n) is 6.42. The topological polar surface area (TPSA) is 116 Å². The zero-order valence-electron chi connectivity index (χ0n) is 21.3. The van der Waals surface area contributed by atoms with Crippen molar-refractivity contribution in [3.8, 4) is 11.5 Å². The lowest BCUT2D eigenvalue weighted by atomic mass is 9.89. The first-order chi connectivity index (χ1) is 18.3. The van der Waals surface area contributed by atoms with E-state index in [9.17, 15) is 32.7 Å². The number of hydrogen-bond acceptors (Lipinski definition) is 6. The van der Waals surface area contributed by atoms with Crippen molar-refractivity contribution in [1.82, 2.24) is 9.88 Å². The van der Waals surface area contributed by atoms with Gasteiger partial charge in [-0.1, -0.05) is 18.2 Å². The average Bonchev–Trinajstić information content (AvgIpc) is 3.36. The monoisotopic (exact) mass is 544 g/mol. The van der Waals surface area contributed by atoms with Crippen LogP contribution in [0.4, 0.5) is 24.5 Å². The highest BCUT2D eigenvalue weighted by atomic mass is 19.4. The van der Waals surface area contributed by atoms with Crippen LogP contribution in [0.1, 0.15) is 36.5 Å². The van der Waals surface area contributed by atoms with Gasteiger partial charge in [-0.2, -0.15) is 13.2 Å². The molecule has 0 bridgehead atoms. The minimum atomic E-state index is -4.91. The number of benzene rings is 2. The largest absolute Gasteiger partial charge is 0.481 e. The number of nitrogens with one attached hydrogen (secondary N) is 1. The molecule has 1 aliphatic heterocycles. The van der Waals surface area contributed by atoms with Crippen LogP contribution in [-0.4, -0.2) is 59.0 Å². The highest BCUT2D eigenvalue weighted by Gasteiger charge is 2.42. The minimum absolute atomic E-state index is 0.0921. The van der Waals surface area contributed by atoms with Crippen molar-refractivity contribution in [3.63, 3.8) is 0 Å². The molecular formula is C27H27F3N4O5. The van der Waals surface area contributed by atoms with Crippen LogP contribution in [-0.2, 0) is 15.8 Å². The van der Waals surface area contributed by atoms with Gasteiger partial charge in [0.1, 0.15) is 0 Å². The van der Waals surface area contributed by atoms with Crippen molar-refractivity contribution in [2.75, 3.05) is 36.4 Å². The Balaban J connectivity index is 1.40. The molecule has 3 aromatic rings. The maximum Gasteiger partial charge on any atom is 0.452 e. The van der Waals surface area contributed by atoms with Crippen molar-refractivity contribution < 1.29 is 37.1 Å². The molecule has 4 rings (SSSR count). The first-order valence-corrected chi connectivity index (χ1v) is 12.2. The van der Waals surface area contributed by atoms with Crippen molar-refractivity contribution in [2.45, 2.75) is 26.4 Å². The Kier molecular flexibility index (Phi) is 7.66. The Morgan fingerprint density at radius 3 is 2.15 bits per heavy atom. The summed E-state index contributed by atoms with van der Waals surface area (Å²) in [7, 11) is 0. The van der Waals surface area contributed by atoms with Crippen molar-refractivity contribution in [1.29, 1.82) is 0 Å². The SMILES string of the molecule is CC(C)(CC(=O)N1CCN(c2ccc(NC(=O)c3nc(-c4ccccc4)oc3C(F)(F)F)cc2)CC1)C(=O)O. The maximum atomic E-state index is 13.6. The second kappa shape index (κ2) is 10.8. The summed E-state index contributed by atoms with van der Waals surface area (Å²) < 4.78 is 45.6. The molecule has 12 heteroatoms. The highest BCUT2D eigenvalue weighted by molar-refractivity contribution is 6.04. The summed E-state index contributed by atoms with van der Waals surface area (Å²) in [6.45, 7) is 4.89. The van der Waals surface area contributed by atoms with E-state index in [1.165, 1.54) is 26.0 Å². The number of piperazine rings is 1. The number of aliphatic carboxylic acids is 1. The zero-order valence-corrected chi connectivity index (χ0v) is 21.3. The summed E-state index contributed by atoms with van der Waals surface area (Å²) in [5.74, 6) is -4.10. The van der Waals surface area contributed by atoms with E-state index < -0.39 is 34.9 Å². The number of carboxylic acid groups (broad SMARTS) is 1. The van der Waals surface area contributed by atoms with Crippen LogP contribution < -0.4 is 10.2 Å². The van der Waals surface area contributed by atoms with Crippen LogP contribution in [0, 0.1) is 5.41 Å². The maximum absolute atomic E-state index is 13.6. The summed E-state index contributed by atoms with van der Waals surface area (Å²) in [6, 6.07) is 14.5. The molecule has 2 aromatic carbocycles. The number of oxazole rings is 1. The van der Waals surface area contributed by atoms with Gasteiger partial charge in [0.25, 0.3) is 5.91 Å². The molecule has 206 valence electrons. The third-order valence-corrected chi connectivity index (χ3v) is 6.42. The Morgan fingerprint density at radius 2 is 1.59 bits per heavy atom. The molecule has 2 heterocycles. The van der Waals surface area contributed by atoms with Crippen molar-refractivity contribution in [2.24, 2.45) is 5.41 Å². The molecule has 1 aromatic heterocycles. The van der Waals surface area contributed by atoms with Gasteiger partial charge in [0, 0.05) is 49.5 Å². The van der Waals surface area contributed by atoms with Gasteiger partial charge in [0.2, 0.25) is 17.6 Å². The first kappa shape index (κ1) is 27.7. The highest BCUT2D eigenvalue weighted by Crippen LogP contribution is 2.35. The smallest absolute Gasteiger partial charge is 0.452 e. The lowest BCUT2D eigenvalue weighted by Crippen LogP contribution is -2.49. The fourth-order valence-corrected chi connectivity index (χ4v) is 4.10. The van der Waals surface area contributed by atoms with Gasteiger partial charge in [0.05, 0.1) is 5.41 Å². The fraction of sp³-hybridized carbons (Fsp3) is 0.333. The van der Waals surface area contributed by atoms with Gasteiger partial charge in [-0.15, -0.1) is 0 Å². The standard InChI is InChI=1S/C27H27F3N4O5/c1-26(2,25(37)38)16-20(35)34-14-12-33(13-15-34)19-10-8-18(9-11-19)31-23(36)21-22(27(28,29)30)39-24(32-21)17-6-4-3-5-7-17/h3-11H,12-16H2,1-2H3,(H,31,36)(H,37,38). The summed E-state index contributed by atoms with van der Waals surface area (Å²) in [4.78, 5) is 44.0. The molecule has 9 nitrogen and oxygen atoms in total. The van der Waals surface area contributed by atoms with E-state index in [0.29, 0.717) is 31.7 Å². The van der Waals surface area contributed by atoms with E-state index >= 15 is 0 Å². The Labute approximate surface area is 222 Å². The van der Waals surface area contributed by atoms with E-state index in [0.717, 1.165) is 5.69 Å². The molecule has 0 saturated carbocycles. The lowest BCUT2D eigenvalue weighted by Gasteiger charge is -2.37. The number of hydrogen-bond donors (Lipinski definition) is 2. The molecule has 1 saturated heterocycles. The normalized spacial score (nSPS) is 14.3. The molecule has 0 aliphatic carbocycles. The number of nitrogens with zero attached hydrogens (tertiary/aromatic N) is 3. The molecule has 2 N–H and O–H groups in total. The molecular weight excluding hydrogens is 517 g/mol. The third kappa shape index (κ3) is 6.39. The van der Waals surface area contributed by atoms with Gasteiger partial charge in [0.15, 0.2) is 5.69 Å². The van der Waals surface area contributed by atoms with Gasteiger partial charge in [-0.05, 0) is 50.2 Å². The summed E-state index contributed by atoms with van der Waals surface area (Å²) in [5, 5.41) is 11.7. The van der Waals surface area contributed by atoms with Crippen LogP contribution in [0.3, 0.4) is 0 Å². The van der Waals surface area contributed by atoms with Crippen LogP contribution in [0.5, 0.6) is 0 Å². The second-order valence-electron chi connectivity index (χ2n) is 9.80. The number of aromatic nitrogens is 1. The zero-order chi connectivity index (χ0) is 28.4. The molecule has 1 fully saturated rings. The average molecular weight is 545 g/mol. The molecule has 0 radical (unpaired) electrons. The Morgan fingerprint density at radius 1 is 0.974 bits per heavy atom. The number of halogens is 3. The van der Waals surface area contributed by atoms with Crippen LogP contribution >= 0.6 is 0 Å². The number of carboxylic acids is 1. The van der Waals surface area contributed by atoms with E-state index in [1.54, 1.807) is 47.4 Å². The Bertz CT molecular complexity index is 1350. The van der Waals surface area contributed by atoms with Crippen LogP contribution in [0.25, 0.3) is 11.5 Å². The molecule has 0 unspecified atom stereocenters. The second-order valence-corrected chi connectivity index (χ2v) is 9.80. The van der Waals surface area contributed by atoms with Crippen LogP contribution in [0.15, 0.2) is 59.0 Å². The molecule has 2 amide bonds. The number of carbonyl (C=O) groups is 3. The Hall–Kier alpha value is -4.35. The molecule has 0 spiro atoms. The van der Waals surface area contributed by atoms with Crippen LogP contribution in [0.2, 0.25) is 0 Å². The number of alkyl halides is 3. The summed E-state index contributed by atoms with van der Waals surface area (Å²) in [5.41, 5.74) is -0.638. The van der Waals surface area contributed by atoms with Gasteiger partial charge < -0.3 is 24.6 Å². The van der Waals surface area contributed by atoms with Crippen molar-refractivity contribution in [3.05, 3.63) is 66.1 Å². The molecule has 1 aliphatic rings. The van der Waals surface area contributed by atoms with E-state index in [1.807, 2.05) is 4.90 Å². The van der Waals surface area contributed by atoms with Gasteiger partial charge >= 0.3 is 12.1 Å².